The van der Waals surface area contributed by atoms with Crippen molar-refractivity contribution in [3.8, 4) is 0 Å². The van der Waals surface area contributed by atoms with Crippen LogP contribution in [0.1, 0.15) is 182 Å². The van der Waals surface area contributed by atoms with Gasteiger partial charge in [-0.15, -0.1) is 0 Å². The molecular formula is C66H116N10O14. The van der Waals surface area contributed by atoms with Crippen molar-refractivity contribution in [2.45, 2.75) is 243 Å². The van der Waals surface area contributed by atoms with Gasteiger partial charge < -0.3 is 50.1 Å². The number of nitrogens with zero attached hydrogens (tertiary/aromatic N) is 7. The monoisotopic (exact) mass is 1270 g/mol. The van der Waals surface area contributed by atoms with Crippen LogP contribution in [0.2, 0.25) is 0 Å². The molecule has 13 atom stereocenters. The maximum absolute atomic E-state index is 15.2. The van der Waals surface area contributed by atoms with E-state index in [4.69, 9.17) is 9.57 Å². The third kappa shape index (κ3) is 20.4. The van der Waals surface area contributed by atoms with Gasteiger partial charge >= 0.3 is 6.09 Å². The lowest BCUT2D eigenvalue weighted by molar-refractivity contribution is -0.322. The molecule has 0 bridgehead atoms. The van der Waals surface area contributed by atoms with E-state index in [1.807, 2.05) is 55.4 Å². The average Bonchev–Trinajstić information content (AvgIpc) is 0.786. The highest BCUT2D eigenvalue weighted by Gasteiger charge is 2.55. The maximum Gasteiger partial charge on any atom is 0.406 e. The van der Waals surface area contributed by atoms with Crippen molar-refractivity contribution in [3.05, 3.63) is 0 Å². The van der Waals surface area contributed by atoms with Crippen molar-refractivity contribution in [2.24, 2.45) is 52.8 Å². The minimum Gasteiger partial charge on any atom is -0.449 e. The standard InChI is InChI=1S/C66H116N10O14/c1-26-28-29-41(13)54-53-57(80)69-46(27-2)61(84)70(20)44(16)59(82)75(25)55(66(17,18)35-89-65(88)67-19)51(78)34-45(39(9)10)60(83)71(21)47(30-36(3)4)50(77)33-42(14)56(79)68-43(15)58(81)72(22)48(31-37(5)6)62(85)73(23)49(32-38(7)8)63(86)74(24)52(40(11)12)64(87)76(53)90-54/h36-49,52-55H,26-35H2,1-25H3,(H,67,88)(H,68,79)(H,69,80)/t41-,42-,43-,44-,45+,46+,47+,48+,49+,52+,53+,54?,55-/m1/s1. The van der Waals surface area contributed by atoms with Gasteiger partial charge in [-0.3, -0.25) is 57.6 Å². The number of ketones is 2. The summed E-state index contributed by atoms with van der Waals surface area (Å²) in [6.07, 6.45) is 0.468. The number of ether oxygens (including phenoxy) is 1. The summed E-state index contributed by atoms with van der Waals surface area (Å²) in [5, 5.41) is 8.95. The molecule has 1 unspecified atom stereocenters. The molecule has 0 aliphatic carbocycles. The second-order valence-electron chi connectivity index (χ2n) is 28.3. The van der Waals surface area contributed by atoms with Gasteiger partial charge in [0.1, 0.15) is 49.0 Å². The molecule has 2 heterocycles. The number of alkyl carbamates (subject to hydrolysis) is 1. The quantitative estimate of drug-likeness (QED) is 0.167. The van der Waals surface area contributed by atoms with E-state index in [2.05, 4.69) is 16.0 Å². The normalized spacial score (nSPS) is 27.9. The first-order valence-corrected chi connectivity index (χ1v) is 32.7. The zero-order valence-corrected chi connectivity index (χ0v) is 59.3. The van der Waals surface area contributed by atoms with E-state index in [1.165, 1.54) is 94.6 Å². The summed E-state index contributed by atoms with van der Waals surface area (Å²) < 4.78 is 5.50. The number of hydroxylamine groups is 2. The van der Waals surface area contributed by atoms with Gasteiger partial charge in [0.25, 0.3) is 5.91 Å². The smallest absolute Gasteiger partial charge is 0.406 e. The topological polar surface area (TPSA) is 282 Å². The van der Waals surface area contributed by atoms with Gasteiger partial charge in [-0.2, -0.15) is 0 Å². The molecule has 2 aliphatic heterocycles. The molecule has 2 saturated heterocycles. The molecule has 514 valence electrons. The number of rotatable bonds is 16. The molecule has 0 aromatic heterocycles. The fraction of sp³-hybridized carbons (Fsp3) is 0.818. The first-order chi connectivity index (χ1) is 41.6. The fourth-order valence-corrected chi connectivity index (χ4v) is 12.3. The minimum absolute atomic E-state index is 0.0429. The van der Waals surface area contributed by atoms with Gasteiger partial charge in [0, 0.05) is 79.4 Å². The number of fused-ring (bicyclic) bond motifs is 1. The van der Waals surface area contributed by atoms with Gasteiger partial charge in [-0.05, 0) is 81.5 Å². The predicted octanol–water partition coefficient (Wildman–Crippen LogP) is 5.72. The molecule has 10 amide bonds. The van der Waals surface area contributed by atoms with Crippen molar-refractivity contribution < 1.29 is 67.1 Å². The van der Waals surface area contributed by atoms with Crippen LogP contribution < -0.4 is 16.0 Å². The number of hydrogen-bond donors (Lipinski definition) is 3. The Bertz CT molecular complexity index is 2520. The number of amides is 10. The summed E-state index contributed by atoms with van der Waals surface area (Å²) in [6, 6.07) is -10.9. The van der Waals surface area contributed by atoms with Crippen LogP contribution in [0.15, 0.2) is 0 Å². The van der Waals surface area contributed by atoms with Crippen LogP contribution in [0, 0.1) is 52.8 Å². The molecule has 2 aliphatic rings. The van der Waals surface area contributed by atoms with Crippen molar-refractivity contribution in [1.29, 1.82) is 0 Å². The van der Waals surface area contributed by atoms with E-state index in [1.54, 1.807) is 48.5 Å². The SMILES string of the molecule is CCCC[C@@H](C)C1ON2C(=O)[C@H](C(C)C)N(C)C(=O)[C@H](CC(C)C)N(C)C(=O)[C@H](CC(C)C)N(C)C(=O)[C@@H](C)NC(=O)[C@H](C)CC(=O)[C@H](CC(C)C)N(C)C(=O)[C@H](C(C)C)CC(=O)[C@H](C(C)(C)COC(=O)NC)N(C)C(=O)[C@@H](C)N(C)C(=O)[C@H](CC)NC(=O)[C@H]12. The summed E-state index contributed by atoms with van der Waals surface area (Å²) in [5.41, 5.74) is -1.32. The Kier molecular flexibility index (Phi) is 31.1. The molecule has 24 heteroatoms. The van der Waals surface area contributed by atoms with Crippen LogP contribution in [-0.4, -0.2) is 222 Å². The second-order valence-corrected chi connectivity index (χ2v) is 28.3. The van der Waals surface area contributed by atoms with Gasteiger partial charge in [0.05, 0.1) is 12.1 Å². The lowest BCUT2D eigenvalue weighted by Crippen LogP contribution is -2.72. The molecule has 24 nitrogen and oxygen atoms in total. The molecule has 0 aromatic carbocycles. The summed E-state index contributed by atoms with van der Waals surface area (Å²) in [7, 11) is 10.0. The molecule has 0 spiro atoms. The molecule has 0 saturated carbocycles. The summed E-state index contributed by atoms with van der Waals surface area (Å²) in [6.45, 7) is 31.3. The highest BCUT2D eigenvalue weighted by Crippen LogP contribution is 2.35. The molecule has 0 radical (unpaired) electrons. The number of Topliss-reactive ketones (excluding diaryl/α,β-unsaturated/α-hetero) is 2. The lowest BCUT2D eigenvalue weighted by atomic mass is 9.77. The second kappa shape index (κ2) is 35.0. The first-order valence-electron chi connectivity index (χ1n) is 32.7. The Hall–Kier alpha value is -6.20. The highest BCUT2D eigenvalue weighted by molar-refractivity contribution is 6.00. The van der Waals surface area contributed by atoms with Crippen molar-refractivity contribution >= 4 is 70.8 Å². The fourth-order valence-electron chi connectivity index (χ4n) is 12.3. The molecule has 3 N–H and O–H groups in total. The number of nitrogens with one attached hydrogen (secondary N) is 3. The maximum atomic E-state index is 15.2. The van der Waals surface area contributed by atoms with Crippen LogP contribution in [0.4, 0.5) is 4.79 Å². The number of unbranched alkanes of at least 4 members (excludes halogenated alkanes) is 1. The molecular weight excluding hydrogens is 1160 g/mol. The Balaban J connectivity index is 3.03. The van der Waals surface area contributed by atoms with Crippen molar-refractivity contribution in [3.63, 3.8) is 0 Å². The van der Waals surface area contributed by atoms with E-state index in [0.717, 1.165) is 22.8 Å². The first kappa shape index (κ1) is 79.9. The predicted molar refractivity (Wildman–Crippen MR) is 343 cm³/mol. The largest absolute Gasteiger partial charge is 0.449 e. The zero-order chi connectivity index (χ0) is 69.5. The highest BCUT2D eigenvalue weighted by atomic mass is 16.7. The third-order valence-corrected chi connectivity index (χ3v) is 18.1. The third-order valence-electron chi connectivity index (χ3n) is 18.1. The Labute approximate surface area is 538 Å². The van der Waals surface area contributed by atoms with Gasteiger partial charge in [0.15, 0.2) is 17.6 Å². The molecule has 2 fully saturated rings. The van der Waals surface area contributed by atoms with Crippen LogP contribution in [0.25, 0.3) is 0 Å². The number of carbonyl (C=O) groups is 12. The lowest BCUT2D eigenvalue weighted by Gasteiger charge is -2.50. The van der Waals surface area contributed by atoms with Crippen LogP contribution in [0.3, 0.4) is 0 Å². The van der Waals surface area contributed by atoms with E-state index in [-0.39, 0.29) is 62.4 Å². The van der Waals surface area contributed by atoms with Gasteiger partial charge in [-0.1, -0.05) is 124 Å². The number of likely N-dealkylation sites (N-methyl/N-ethyl adjacent to an activating group) is 6. The van der Waals surface area contributed by atoms with Crippen molar-refractivity contribution in [2.75, 3.05) is 55.9 Å². The van der Waals surface area contributed by atoms with Crippen molar-refractivity contribution in [1.82, 2.24) is 50.4 Å². The average molecular weight is 1270 g/mol. The molecule has 2 rings (SSSR count). The van der Waals surface area contributed by atoms with E-state index < -0.39 is 167 Å². The minimum atomic E-state index is -1.37. The Morgan fingerprint density at radius 3 is 1.57 bits per heavy atom. The molecule has 90 heavy (non-hydrogen) atoms. The summed E-state index contributed by atoms with van der Waals surface area (Å²) in [4.78, 5) is 189. The number of hydrogen-bond acceptors (Lipinski definition) is 14. The van der Waals surface area contributed by atoms with E-state index in [9.17, 15) is 38.4 Å². The summed E-state index contributed by atoms with van der Waals surface area (Å²) >= 11 is 0. The number of carbonyl (C=O) groups excluding carboxylic acids is 12. The van der Waals surface area contributed by atoms with Crippen LogP contribution in [-0.2, 0) is 62.3 Å². The van der Waals surface area contributed by atoms with E-state index in [0.29, 0.717) is 6.42 Å². The van der Waals surface area contributed by atoms with Gasteiger partial charge in [-0.25, -0.2) is 9.86 Å². The molecule has 0 aromatic rings. The van der Waals surface area contributed by atoms with Gasteiger partial charge in [0.2, 0.25) is 47.3 Å². The zero-order valence-electron chi connectivity index (χ0n) is 59.3. The van der Waals surface area contributed by atoms with E-state index >= 15 is 19.2 Å². The Morgan fingerprint density at radius 1 is 0.589 bits per heavy atom. The van der Waals surface area contributed by atoms with Crippen LogP contribution >= 0.6 is 0 Å². The summed E-state index contributed by atoms with van der Waals surface area (Å²) in [5.74, 6) is -10.5. The van der Waals surface area contributed by atoms with Crippen LogP contribution in [0.5, 0.6) is 0 Å². The Morgan fingerprint density at radius 2 is 1.09 bits per heavy atom.